The second-order valence-electron chi connectivity index (χ2n) is 7.14. The molecule has 25 heavy (non-hydrogen) atoms. The van der Waals surface area contributed by atoms with E-state index in [0.717, 1.165) is 13.1 Å². The largest absolute Gasteiger partial charge is 0.385 e. The molecular weight excluding hydrogens is 304 g/mol. The summed E-state index contributed by atoms with van der Waals surface area (Å²) >= 11 is 0. The molecule has 0 fully saturated rings. The lowest BCUT2D eigenvalue weighted by molar-refractivity contribution is 0.452. The van der Waals surface area contributed by atoms with Crippen molar-refractivity contribution in [2.45, 2.75) is 25.8 Å². The zero-order valence-corrected chi connectivity index (χ0v) is 14.8. The molecule has 0 saturated heterocycles. The minimum Gasteiger partial charge on any atom is -0.385 e. The minimum atomic E-state index is 0.370. The van der Waals surface area contributed by atoms with Crippen LogP contribution in [0.1, 0.15) is 30.5 Å². The Labute approximate surface area is 150 Å². The Morgan fingerprint density at radius 3 is 2.76 bits per heavy atom. The molecule has 1 aliphatic rings. The highest BCUT2D eigenvalue weighted by Crippen LogP contribution is 2.27. The van der Waals surface area contributed by atoms with Gasteiger partial charge in [-0.05, 0) is 60.2 Å². The molecular formula is C23H26N2. The standard InChI is InChI=1S/C23H26N2/c1-17(21-11-6-9-19-7-2-4-10-22(19)21)24-14-13-18-15-20-8-3-5-12-23(20)25-16-18/h2-12,17-18,24-25H,13-16H2,1H3/t17-,18?/m1/s1. The highest BCUT2D eigenvalue weighted by Gasteiger charge is 2.17. The molecule has 2 heteroatoms. The van der Waals surface area contributed by atoms with E-state index in [1.165, 1.54) is 40.4 Å². The summed E-state index contributed by atoms with van der Waals surface area (Å²) < 4.78 is 0. The van der Waals surface area contributed by atoms with Gasteiger partial charge in [0.25, 0.3) is 0 Å². The molecule has 1 unspecified atom stereocenters. The second-order valence-corrected chi connectivity index (χ2v) is 7.14. The van der Waals surface area contributed by atoms with Gasteiger partial charge in [-0.25, -0.2) is 0 Å². The summed E-state index contributed by atoms with van der Waals surface area (Å²) in [6.45, 7) is 4.41. The van der Waals surface area contributed by atoms with E-state index in [4.69, 9.17) is 0 Å². The molecule has 3 aromatic carbocycles. The van der Waals surface area contributed by atoms with E-state index in [9.17, 15) is 0 Å². The SMILES string of the molecule is C[C@@H](NCCC1CNc2ccccc2C1)c1cccc2ccccc12. The van der Waals surface area contributed by atoms with E-state index in [2.05, 4.69) is 84.3 Å². The van der Waals surface area contributed by atoms with Crippen LogP contribution in [0.4, 0.5) is 5.69 Å². The van der Waals surface area contributed by atoms with Crippen LogP contribution in [0.2, 0.25) is 0 Å². The first kappa shape index (κ1) is 16.2. The Balaban J connectivity index is 1.36. The molecule has 0 amide bonds. The van der Waals surface area contributed by atoms with Gasteiger partial charge in [-0.15, -0.1) is 0 Å². The first-order valence-electron chi connectivity index (χ1n) is 9.34. The van der Waals surface area contributed by atoms with Gasteiger partial charge in [-0.3, -0.25) is 0 Å². The van der Waals surface area contributed by atoms with E-state index in [1.54, 1.807) is 0 Å². The van der Waals surface area contributed by atoms with E-state index in [1.807, 2.05) is 0 Å². The fourth-order valence-electron chi connectivity index (χ4n) is 3.95. The molecule has 0 spiro atoms. The van der Waals surface area contributed by atoms with Crippen molar-refractivity contribution in [1.82, 2.24) is 5.32 Å². The van der Waals surface area contributed by atoms with Gasteiger partial charge in [0.05, 0.1) is 0 Å². The van der Waals surface area contributed by atoms with Crippen molar-refractivity contribution in [1.29, 1.82) is 0 Å². The summed E-state index contributed by atoms with van der Waals surface area (Å²) in [6.07, 6.45) is 2.39. The summed E-state index contributed by atoms with van der Waals surface area (Å²) in [6, 6.07) is 24.3. The molecule has 4 rings (SSSR count). The van der Waals surface area contributed by atoms with E-state index < -0.39 is 0 Å². The lowest BCUT2D eigenvalue weighted by Gasteiger charge is -2.27. The highest BCUT2D eigenvalue weighted by molar-refractivity contribution is 5.86. The molecule has 2 N–H and O–H groups in total. The Hall–Kier alpha value is -2.32. The maximum atomic E-state index is 3.73. The third kappa shape index (κ3) is 3.54. The molecule has 1 heterocycles. The van der Waals surface area contributed by atoms with Crippen LogP contribution in [-0.2, 0) is 6.42 Å². The molecule has 0 aliphatic carbocycles. The van der Waals surface area contributed by atoms with Crippen LogP contribution in [0.5, 0.6) is 0 Å². The van der Waals surface area contributed by atoms with Gasteiger partial charge in [-0.1, -0.05) is 60.7 Å². The van der Waals surface area contributed by atoms with E-state index >= 15 is 0 Å². The predicted molar refractivity (Wildman–Crippen MR) is 107 cm³/mol. The first-order valence-corrected chi connectivity index (χ1v) is 9.34. The van der Waals surface area contributed by atoms with Crippen LogP contribution in [-0.4, -0.2) is 13.1 Å². The van der Waals surface area contributed by atoms with Crippen LogP contribution >= 0.6 is 0 Å². The number of hydrogen-bond donors (Lipinski definition) is 2. The average Bonchev–Trinajstić information content (AvgIpc) is 2.67. The van der Waals surface area contributed by atoms with Crippen molar-refractivity contribution in [3.63, 3.8) is 0 Å². The number of fused-ring (bicyclic) bond motifs is 2. The summed E-state index contributed by atoms with van der Waals surface area (Å²) in [5, 5.41) is 9.99. The molecule has 2 nitrogen and oxygen atoms in total. The average molecular weight is 330 g/mol. The molecule has 0 aromatic heterocycles. The van der Waals surface area contributed by atoms with Crippen molar-refractivity contribution >= 4 is 16.5 Å². The third-order valence-electron chi connectivity index (χ3n) is 5.40. The fourth-order valence-corrected chi connectivity index (χ4v) is 3.95. The zero-order chi connectivity index (χ0) is 17.1. The minimum absolute atomic E-state index is 0.370. The molecule has 128 valence electrons. The zero-order valence-electron chi connectivity index (χ0n) is 14.8. The molecule has 3 aromatic rings. The topological polar surface area (TPSA) is 24.1 Å². The number of rotatable bonds is 5. The number of benzene rings is 3. The first-order chi connectivity index (χ1) is 12.3. The van der Waals surface area contributed by atoms with Gasteiger partial charge in [0, 0.05) is 18.3 Å². The number of anilines is 1. The highest BCUT2D eigenvalue weighted by atomic mass is 14.9. The van der Waals surface area contributed by atoms with Gasteiger partial charge in [-0.2, -0.15) is 0 Å². The van der Waals surface area contributed by atoms with Gasteiger partial charge in [0.2, 0.25) is 0 Å². The summed E-state index contributed by atoms with van der Waals surface area (Å²) in [5.74, 6) is 0.710. The molecule has 0 radical (unpaired) electrons. The van der Waals surface area contributed by atoms with Gasteiger partial charge in [0.15, 0.2) is 0 Å². The maximum Gasteiger partial charge on any atom is 0.0372 e. The van der Waals surface area contributed by atoms with Crippen molar-refractivity contribution in [3.05, 3.63) is 77.9 Å². The normalized spacial score (nSPS) is 17.7. The van der Waals surface area contributed by atoms with Crippen molar-refractivity contribution < 1.29 is 0 Å². The fraction of sp³-hybridized carbons (Fsp3) is 0.304. The second kappa shape index (κ2) is 7.28. The van der Waals surface area contributed by atoms with Gasteiger partial charge in [0.1, 0.15) is 0 Å². The van der Waals surface area contributed by atoms with Gasteiger partial charge >= 0.3 is 0 Å². The third-order valence-corrected chi connectivity index (χ3v) is 5.40. The molecule has 1 aliphatic heterocycles. The summed E-state index contributed by atoms with van der Waals surface area (Å²) in [7, 11) is 0. The summed E-state index contributed by atoms with van der Waals surface area (Å²) in [4.78, 5) is 0. The van der Waals surface area contributed by atoms with Crippen molar-refractivity contribution in [2.75, 3.05) is 18.4 Å². The van der Waals surface area contributed by atoms with Crippen LogP contribution in [0.3, 0.4) is 0 Å². The van der Waals surface area contributed by atoms with Gasteiger partial charge < -0.3 is 10.6 Å². The Morgan fingerprint density at radius 1 is 1.00 bits per heavy atom. The van der Waals surface area contributed by atoms with E-state index in [0.29, 0.717) is 12.0 Å². The maximum absolute atomic E-state index is 3.73. The lowest BCUT2D eigenvalue weighted by Crippen LogP contribution is -2.28. The van der Waals surface area contributed by atoms with E-state index in [-0.39, 0.29) is 0 Å². The Morgan fingerprint density at radius 2 is 1.80 bits per heavy atom. The summed E-state index contributed by atoms with van der Waals surface area (Å²) in [5.41, 5.74) is 4.17. The van der Waals surface area contributed by atoms with Crippen molar-refractivity contribution in [2.24, 2.45) is 5.92 Å². The number of hydrogen-bond acceptors (Lipinski definition) is 2. The van der Waals surface area contributed by atoms with Crippen LogP contribution in [0.15, 0.2) is 66.7 Å². The lowest BCUT2D eigenvalue weighted by atomic mass is 9.91. The Bertz CT molecular complexity index is 850. The van der Waals surface area contributed by atoms with Crippen LogP contribution in [0.25, 0.3) is 10.8 Å². The smallest absolute Gasteiger partial charge is 0.0372 e. The molecule has 2 atom stereocenters. The number of nitrogens with one attached hydrogen (secondary N) is 2. The van der Waals surface area contributed by atoms with Crippen molar-refractivity contribution in [3.8, 4) is 0 Å². The number of para-hydroxylation sites is 1. The molecule has 0 bridgehead atoms. The monoisotopic (exact) mass is 330 g/mol. The predicted octanol–water partition coefficient (Wildman–Crippen LogP) is 5.16. The van der Waals surface area contributed by atoms with Crippen LogP contribution < -0.4 is 10.6 Å². The molecule has 0 saturated carbocycles. The quantitative estimate of drug-likeness (QED) is 0.675. The van der Waals surface area contributed by atoms with Crippen LogP contribution in [0, 0.1) is 5.92 Å². The Kier molecular flexibility index (Phi) is 4.71.